The number of hydrogen-bond acceptors (Lipinski definition) is 2. The summed E-state index contributed by atoms with van der Waals surface area (Å²) < 4.78 is 0. The van der Waals surface area contributed by atoms with Crippen molar-refractivity contribution in [2.75, 3.05) is 13.1 Å². The smallest absolute Gasteiger partial charge is 0.251 e. The lowest BCUT2D eigenvalue weighted by molar-refractivity contribution is 0.0953. The van der Waals surface area contributed by atoms with Crippen molar-refractivity contribution in [2.24, 2.45) is 10.9 Å². The van der Waals surface area contributed by atoms with Crippen LogP contribution < -0.4 is 16.0 Å². The van der Waals surface area contributed by atoms with Gasteiger partial charge in [-0.3, -0.25) is 4.79 Å². The van der Waals surface area contributed by atoms with Crippen molar-refractivity contribution in [3.05, 3.63) is 35.4 Å². The summed E-state index contributed by atoms with van der Waals surface area (Å²) in [5.41, 5.74) is 1.78. The van der Waals surface area contributed by atoms with Crippen molar-refractivity contribution in [3.8, 4) is 0 Å². The molecule has 0 fully saturated rings. The fraction of sp³-hybridized carbons (Fsp3) is 0.600. The number of carbonyl (C=O) groups excluding carboxylic acids is 1. The molecule has 1 amide bonds. The van der Waals surface area contributed by atoms with Crippen LogP contribution in [0, 0.1) is 5.92 Å². The van der Waals surface area contributed by atoms with Gasteiger partial charge in [-0.2, -0.15) is 0 Å². The summed E-state index contributed by atoms with van der Waals surface area (Å²) in [7, 11) is 0. The zero-order chi connectivity index (χ0) is 18.7. The summed E-state index contributed by atoms with van der Waals surface area (Å²) in [6, 6.07) is 8.01. The second-order valence-corrected chi connectivity index (χ2v) is 6.68. The lowest BCUT2D eigenvalue weighted by Gasteiger charge is -2.20. The number of carbonyl (C=O) groups is 1. The first-order valence-corrected chi connectivity index (χ1v) is 9.39. The maximum atomic E-state index is 12.0. The van der Waals surface area contributed by atoms with Crippen molar-refractivity contribution in [1.29, 1.82) is 0 Å². The average molecular weight is 347 g/mol. The van der Waals surface area contributed by atoms with E-state index in [9.17, 15) is 4.79 Å². The fourth-order valence-corrected chi connectivity index (χ4v) is 2.11. The van der Waals surface area contributed by atoms with Crippen LogP contribution in [0.2, 0.25) is 0 Å². The van der Waals surface area contributed by atoms with Gasteiger partial charge in [0.2, 0.25) is 0 Å². The first kappa shape index (κ1) is 21.0. The molecule has 0 saturated carbocycles. The van der Waals surface area contributed by atoms with Crippen LogP contribution in [0.3, 0.4) is 0 Å². The van der Waals surface area contributed by atoms with Gasteiger partial charge in [-0.1, -0.05) is 39.3 Å². The average Bonchev–Trinajstić information content (AvgIpc) is 2.60. The third-order valence-electron chi connectivity index (χ3n) is 4.16. The Morgan fingerprint density at radius 1 is 1.08 bits per heavy atom. The van der Waals surface area contributed by atoms with Gasteiger partial charge < -0.3 is 16.0 Å². The molecule has 1 aromatic rings. The Kier molecular flexibility index (Phi) is 9.66. The van der Waals surface area contributed by atoms with Gasteiger partial charge in [-0.25, -0.2) is 4.99 Å². The molecular formula is C20H34N4O. The minimum Gasteiger partial charge on any atom is -0.357 e. The lowest BCUT2D eigenvalue weighted by atomic mass is 10.1. The summed E-state index contributed by atoms with van der Waals surface area (Å²) in [5, 5.41) is 9.62. The Balaban J connectivity index is 2.63. The van der Waals surface area contributed by atoms with E-state index in [1.165, 1.54) is 0 Å². The molecule has 25 heavy (non-hydrogen) atoms. The number of guanidine groups is 1. The van der Waals surface area contributed by atoms with Gasteiger partial charge in [0.25, 0.3) is 5.91 Å². The van der Waals surface area contributed by atoms with Crippen molar-refractivity contribution in [2.45, 2.75) is 60.0 Å². The summed E-state index contributed by atoms with van der Waals surface area (Å²) in [5.74, 6) is 1.35. The third kappa shape index (κ3) is 8.05. The van der Waals surface area contributed by atoms with Crippen molar-refractivity contribution < 1.29 is 4.79 Å². The largest absolute Gasteiger partial charge is 0.357 e. The number of rotatable bonds is 9. The molecule has 1 unspecified atom stereocenters. The minimum atomic E-state index is -0.00994. The summed E-state index contributed by atoms with van der Waals surface area (Å²) in [6.07, 6.45) is 2.09. The normalized spacial score (nSPS) is 12.8. The lowest BCUT2D eigenvalue weighted by Crippen LogP contribution is -2.44. The van der Waals surface area contributed by atoms with Crippen LogP contribution in [0.5, 0.6) is 0 Å². The van der Waals surface area contributed by atoms with E-state index >= 15 is 0 Å². The molecule has 5 nitrogen and oxygen atoms in total. The molecule has 0 bridgehead atoms. The molecule has 0 spiro atoms. The highest BCUT2D eigenvalue weighted by Crippen LogP contribution is 2.06. The van der Waals surface area contributed by atoms with Gasteiger partial charge in [0, 0.05) is 24.7 Å². The molecule has 0 aliphatic carbocycles. The highest BCUT2D eigenvalue weighted by Gasteiger charge is 2.09. The van der Waals surface area contributed by atoms with E-state index in [2.05, 4.69) is 55.6 Å². The van der Waals surface area contributed by atoms with Gasteiger partial charge in [-0.15, -0.1) is 0 Å². The number of amides is 1. The maximum Gasteiger partial charge on any atom is 0.251 e. The molecule has 1 atom stereocenters. The molecular weight excluding hydrogens is 312 g/mol. The van der Waals surface area contributed by atoms with Crippen LogP contribution in [0.4, 0.5) is 0 Å². The topological polar surface area (TPSA) is 65.5 Å². The van der Waals surface area contributed by atoms with E-state index in [4.69, 9.17) is 0 Å². The van der Waals surface area contributed by atoms with Crippen LogP contribution >= 0.6 is 0 Å². The number of nitrogens with zero attached hydrogens (tertiary/aromatic N) is 1. The monoisotopic (exact) mass is 346 g/mol. The first-order chi connectivity index (χ1) is 12.0. The van der Waals surface area contributed by atoms with E-state index < -0.39 is 0 Å². The van der Waals surface area contributed by atoms with Gasteiger partial charge in [-0.05, 0) is 43.9 Å². The Labute approximate surface area is 152 Å². The van der Waals surface area contributed by atoms with E-state index in [0.29, 0.717) is 24.1 Å². The first-order valence-electron chi connectivity index (χ1n) is 9.39. The van der Waals surface area contributed by atoms with Gasteiger partial charge in [0.05, 0.1) is 6.54 Å². The van der Waals surface area contributed by atoms with Gasteiger partial charge in [0.1, 0.15) is 0 Å². The van der Waals surface area contributed by atoms with Gasteiger partial charge >= 0.3 is 0 Å². The molecule has 3 N–H and O–H groups in total. The minimum absolute atomic E-state index is 0.00994. The van der Waals surface area contributed by atoms with Crippen LogP contribution in [0.25, 0.3) is 0 Å². The number of hydrogen-bond donors (Lipinski definition) is 3. The zero-order valence-corrected chi connectivity index (χ0v) is 16.4. The summed E-state index contributed by atoms with van der Waals surface area (Å²) >= 11 is 0. The molecule has 140 valence electrons. The molecule has 0 saturated heterocycles. The molecule has 0 heterocycles. The molecule has 0 aliphatic heterocycles. The standard InChI is InChI=1S/C20H34N4O/c1-6-8-13-22-19(25)18-11-9-17(10-12-18)14-23-20(21-7-2)24-16(5)15(3)4/h9-12,15-16H,6-8,13-14H2,1-5H3,(H,22,25)(H2,21,23,24). The Hall–Kier alpha value is -2.04. The third-order valence-corrected chi connectivity index (χ3v) is 4.16. The fourth-order valence-electron chi connectivity index (χ4n) is 2.11. The predicted octanol–water partition coefficient (Wildman–Crippen LogP) is 3.32. The van der Waals surface area contributed by atoms with E-state index in [1.807, 2.05) is 24.3 Å². The summed E-state index contributed by atoms with van der Waals surface area (Å²) in [4.78, 5) is 16.6. The van der Waals surface area contributed by atoms with Crippen LogP contribution in [0.1, 0.15) is 63.4 Å². The Bertz CT molecular complexity index is 537. The van der Waals surface area contributed by atoms with E-state index in [0.717, 1.165) is 37.5 Å². The Morgan fingerprint density at radius 2 is 1.76 bits per heavy atom. The molecule has 1 rings (SSSR count). The molecule has 0 radical (unpaired) electrons. The predicted molar refractivity (Wildman–Crippen MR) is 106 cm³/mol. The van der Waals surface area contributed by atoms with Crippen molar-refractivity contribution in [3.63, 3.8) is 0 Å². The summed E-state index contributed by atoms with van der Waals surface area (Å²) in [6.45, 7) is 12.8. The van der Waals surface area contributed by atoms with Crippen molar-refractivity contribution in [1.82, 2.24) is 16.0 Å². The Morgan fingerprint density at radius 3 is 2.32 bits per heavy atom. The zero-order valence-electron chi connectivity index (χ0n) is 16.4. The molecule has 0 aliphatic rings. The number of aliphatic imine (C=N–C) groups is 1. The quantitative estimate of drug-likeness (QED) is 0.365. The van der Waals surface area contributed by atoms with Crippen LogP contribution in [-0.2, 0) is 6.54 Å². The highest BCUT2D eigenvalue weighted by molar-refractivity contribution is 5.94. The SMILES string of the molecule is CCCCNC(=O)c1ccc(CN=C(NCC)NC(C)C(C)C)cc1. The maximum absolute atomic E-state index is 12.0. The van der Waals surface area contributed by atoms with Crippen molar-refractivity contribution >= 4 is 11.9 Å². The second-order valence-electron chi connectivity index (χ2n) is 6.68. The molecule has 1 aromatic carbocycles. The second kappa shape index (κ2) is 11.5. The highest BCUT2D eigenvalue weighted by atomic mass is 16.1. The van der Waals surface area contributed by atoms with Crippen LogP contribution in [-0.4, -0.2) is 31.0 Å². The number of unbranched alkanes of at least 4 members (excludes halogenated alkanes) is 1. The van der Waals surface area contributed by atoms with Gasteiger partial charge in [0.15, 0.2) is 5.96 Å². The number of nitrogens with one attached hydrogen (secondary N) is 3. The van der Waals surface area contributed by atoms with Crippen LogP contribution in [0.15, 0.2) is 29.3 Å². The number of benzene rings is 1. The molecule has 0 aromatic heterocycles. The molecule has 5 heteroatoms. The van der Waals surface area contributed by atoms with E-state index in [-0.39, 0.29) is 5.91 Å². The van der Waals surface area contributed by atoms with E-state index in [1.54, 1.807) is 0 Å².